The number of rotatable bonds is 6. The summed E-state index contributed by atoms with van der Waals surface area (Å²) < 4.78 is 31.6. The molecule has 0 aliphatic carbocycles. The SMILES string of the molecule is COc1ccc(CN(C)C(=O)NCCc2cccc(F)c2)cc1F. The Kier molecular flexibility index (Phi) is 6.12. The van der Waals surface area contributed by atoms with Gasteiger partial charge >= 0.3 is 6.03 Å². The molecule has 2 rings (SSSR count). The molecule has 2 aromatic carbocycles. The lowest BCUT2D eigenvalue weighted by molar-refractivity contribution is 0.207. The number of hydrogen-bond acceptors (Lipinski definition) is 2. The first-order valence-electron chi connectivity index (χ1n) is 7.55. The highest BCUT2D eigenvalue weighted by atomic mass is 19.1. The van der Waals surface area contributed by atoms with E-state index in [4.69, 9.17) is 4.74 Å². The molecule has 0 saturated heterocycles. The van der Waals surface area contributed by atoms with Gasteiger partial charge in [-0.3, -0.25) is 0 Å². The van der Waals surface area contributed by atoms with Crippen molar-refractivity contribution in [2.24, 2.45) is 0 Å². The number of hydrogen-bond donors (Lipinski definition) is 1. The van der Waals surface area contributed by atoms with E-state index < -0.39 is 5.82 Å². The van der Waals surface area contributed by atoms with Crippen molar-refractivity contribution < 1.29 is 18.3 Å². The Morgan fingerprint density at radius 1 is 1.17 bits per heavy atom. The monoisotopic (exact) mass is 334 g/mol. The van der Waals surface area contributed by atoms with Gasteiger partial charge in [0.05, 0.1) is 7.11 Å². The average molecular weight is 334 g/mol. The van der Waals surface area contributed by atoms with E-state index in [1.165, 1.54) is 36.3 Å². The number of amides is 2. The van der Waals surface area contributed by atoms with Gasteiger partial charge in [0.1, 0.15) is 5.82 Å². The molecule has 0 atom stereocenters. The van der Waals surface area contributed by atoms with Crippen LogP contribution in [0.25, 0.3) is 0 Å². The number of urea groups is 1. The first kappa shape index (κ1) is 17.7. The molecule has 128 valence electrons. The zero-order chi connectivity index (χ0) is 17.5. The minimum Gasteiger partial charge on any atom is -0.494 e. The van der Waals surface area contributed by atoms with Crippen molar-refractivity contribution >= 4 is 6.03 Å². The Hall–Kier alpha value is -2.63. The molecule has 1 N–H and O–H groups in total. The summed E-state index contributed by atoms with van der Waals surface area (Å²) in [5, 5.41) is 2.75. The van der Waals surface area contributed by atoms with E-state index in [-0.39, 0.29) is 24.1 Å². The van der Waals surface area contributed by atoms with Gasteiger partial charge in [0.15, 0.2) is 11.6 Å². The number of methoxy groups -OCH3 is 1. The number of halogens is 2. The van der Waals surface area contributed by atoms with Crippen LogP contribution >= 0.6 is 0 Å². The highest BCUT2D eigenvalue weighted by molar-refractivity contribution is 5.73. The van der Waals surface area contributed by atoms with Crippen LogP contribution in [0.3, 0.4) is 0 Å². The molecule has 0 aromatic heterocycles. The molecule has 0 heterocycles. The third kappa shape index (κ3) is 4.94. The van der Waals surface area contributed by atoms with E-state index in [0.29, 0.717) is 18.5 Å². The molecule has 24 heavy (non-hydrogen) atoms. The van der Waals surface area contributed by atoms with Gasteiger partial charge < -0.3 is 15.0 Å². The zero-order valence-corrected chi connectivity index (χ0v) is 13.7. The summed E-state index contributed by atoms with van der Waals surface area (Å²) in [7, 11) is 3.02. The third-order valence-electron chi connectivity index (χ3n) is 3.56. The molecule has 0 unspecified atom stereocenters. The number of carbonyl (C=O) groups excluding carboxylic acids is 1. The molecule has 0 saturated carbocycles. The fourth-order valence-electron chi connectivity index (χ4n) is 2.30. The van der Waals surface area contributed by atoms with E-state index in [2.05, 4.69) is 5.32 Å². The summed E-state index contributed by atoms with van der Waals surface area (Å²) in [6.45, 7) is 0.663. The molecule has 0 radical (unpaired) electrons. The lowest BCUT2D eigenvalue weighted by atomic mass is 10.1. The first-order valence-corrected chi connectivity index (χ1v) is 7.55. The Morgan fingerprint density at radius 2 is 1.96 bits per heavy atom. The molecule has 0 aliphatic rings. The molecular weight excluding hydrogens is 314 g/mol. The van der Waals surface area contributed by atoms with E-state index in [0.717, 1.165) is 5.56 Å². The van der Waals surface area contributed by atoms with Gasteiger partial charge in [0.25, 0.3) is 0 Å². The van der Waals surface area contributed by atoms with Gasteiger partial charge in [-0.2, -0.15) is 0 Å². The fraction of sp³-hybridized carbons (Fsp3) is 0.278. The van der Waals surface area contributed by atoms with Crippen molar-refractivity contribution in [1.29, 1.82) is 0 Å². The molecule has 2 amide bonds. The lowest BCUT2D eigenvalue weighted by Crippen LogP contribution is -2.37. The van der Waals surface area contributed by atoms with E-state index in [1.807, 2.05) is 0 Å². The van der Waals surface area contributed by atoms with Crippen LogP contribution < -0.4 is 10.1 Å². The highest BCUT2D eigenvalue weighted by Gasteiger charge is 2.10. The second-order valence-electron chi connectivity index (χ2n) is 5.44. The van der Waals surface area contributed by atoms with Crippen LogP contribution in [0, 0.1) is 11.6 Å². The van der Waals surface area contributed by atoms with Crippen LogP contribution in [0.4, 0.5) is 13.6 Å². The quantitative estimate of drug-likeness (QED) is 0.880. The van der Waals surface area contributed by atoms with Crippen LogP contribution in [0.5, 0.6) is 5.75 Å². The maximum atomic E-state index is 13.7. The van der Waals surface area contributed by atoms with E-state index in [1.54, 1.807) is 25.2 Å². The Morgan fingerprint density at radius 3 is 2.62 bits per heavy atom. The minimum absolute atomic E-state index is 0.168. The largest absolute Gasteiger partial charge is 0.494 e. The van der Waals surface area contributed by atoms with Gasteiger partial charge in [0, 0.05) is 20.1 Å². The van der Waals surface area contributed by atoms with Crippen LogP contribution in [-0.2, 0) is 13.0 Å². The number of carbonyl (C=O) groups is 1. The minimum atomic E-state index is -0.463. The summed E-state index contributed by atoms with van der Waals surface area (Å²) in [6, 6.07) is 10.6. The number of nitrogens with one attached hydrogen (secondary N) is 1. The molecule has 0 aliphatic heterocycles. The Labute approximate surface area is 140 Å². The number of benzene rings is 2. The second kappa shape index (κ2) is 8.29. The topological polar surface area (TPSA) is 41.6 Å². The van der Waals surface area contributed by atoms with Gasteiger partial charge in [-0.1, -0.05) is 18.2 Å². The molecule has 2 aromatic rings. The van der Waals surface area contributed by atoms with Crippen molar-refractivity contribution in [3.8, 4) is 5.75 Å². The van der Waals surface area contributed by atoms with Crippen LogP contribution in [-0.4, -0.2) is 31.6 Å². The number of nitrogens with zero attached hydrogens (tertiary/aromatic N) is 1. The summed E-state index contributed by atoms with van der Waals surface area (Å²) in [4.78, 5) is 13.5. The fourth-order valence-corrected chi connectivity index (χ4v) is 2.30. The third-order valence-corrected chi connectivity index (χ3v) is 3.56. The predicted octanol–water partition coefficient (Wildman–Crippen LogP) is 3.36. The molecule has 0 bridgehead atoms. The lowest BCUT2D eigenvalue weighted by Gasteiger charge is -2.18. The van der Waals surface area contributed by atoms with Crippen molar-refractivity contribution in [3.63, 3.8) is 0 Å². The van der Waals surface area contributed by atoms with Gasteiger partial charge in [-0.25, -0.2) is 13.6 Å². The maximum absolute atomic E-state index is 13.7. The Bertz CT molecular complexity index is 707. The van der Waals surface area contributed by atoms with Crippen molar-refractivity contribution in [2.45, 2.75) is 13.0 Å². The normalized spacial score (nSPS) is 10.3. The van der Waals surface area contributed by atoms with Gasteiger partial charge in [0.2, 0.25) is 0 Å². The van der Waals surface area contributed by atoms with Crippen LogP contribution in [0.2, 0.25) is 0 Å². The molecular formula is C18H20F2N2O2. The smallest absolute Gasteiger partial charge is 0.317 e. The Balaban J connectivity index is 1.82. The molecule has 4 nitrogen and oxygen atoms in total. The summed E-state index contributed by atoms with van der Waals surface area (Å²) >= 11 is 0. The highest BCUT2D eigenvalue weighted by Crippen LogP contribution is 2.18. The van der Waals surface area contributed by atoms with Gasteiger partial charge in [-0.15, -0.1) is 0 Å². The van der Waals surface area contributed by atoms with Gasteiger partial charge in [-0.05, 0) is 41.8 Å². The van der Waals surface area contributed by atoms with Crippen LogP contribution in [0.1, 0.15) is 11.1 Å². The zero-order valence-electron chi connectivity index (χ0n) is 13.7. The molecule has 6 heteroatoms. The number of ether oxygens (including phenoxy) is 1. The van der Waals surface area contributed by atoms with Crippen molar-refractivity contribution in [3.05, 3.63) is 65.2 Å². The maximum Gasteiger partial charge on any atom is 0.317 e. The summed E-state index contributed by atoms with van der Waals surface area (Å²) in [6.07, 6.45) is 0.536. The van der Waals surface area contributed by atoms with E-state index in [9.17, 15) is 13.6 Å². The second-order valence-corrected chi connectivity index (χ2v) is 5.44. The summed E-state index contributed by atoms with van der Waals surface area (Å²) in [5.41, 5.74) is 1.48. The average Bonchev–Trinajstić information content (AvgIpc) is 2.55. The summed E-state index contributed by atoms with van der Waals surface area (Å²) in [5.74, 6) is -0.590. The first-order chi connectivity index (χ1) is 11.5. The molecule has 0 spiro atoms. The van der Waals surface area contributed by atoms with Crippen molar-refractivity contribution in [1.82, 2.24) is 10.2 Å². The predicted molar refractivity (Wildman–Crippen MR) is 87.9 cm³/mol. The van der Waals surface area contributed by atoms with Crippen LogP contribution in [0.15, 0.2) is 42.5 Å². The standard InChI is InChI=1S/C18H20F2N2O2/c1-22(12-14-6-7-17(24-2)16(20)11-14)18(23)21-9-8-13-4-3-5-15(19)10-13/h3-7,10-11H,8-9,12H2,1-2H3,(H,21,23). The van der Waals surface area contributed by atoms with Crippen molar-refractivity contribution in [2.75, 3.05) is 20.7 Å². The van der Waals surface area contributed by atoms with E-state index >= 15 is 0 Å². The molecule has 0 fully saturated rings.